The molecule has 0 N–H and O–H groups in total. The van der Waals surface area contributed by atoms with Crippen molar-refractivity contribution < 1.29 is 9.13 Å². The van der Waals surface area contributed by atoms with Crippen molar-refractivity contribution in [3.05, 3.63) is 57.8 Å². The summed E-state index contributed by atoms with van der Waals surface area (Å²) < 4.78 is 18.7. The van der Waals surface area contributed by atoms with Crippen LogP contribution in [-0.4, -0.2) is 0 Å². The van der Waals surface area contributed by atoms with Gasteiger partial charge in [0.25, 0.3) is 0 Å². The second kappa shape index (κ2) is 5.79. The van der Waals surface area contributed by atoms with E-state index in [9.17, 15) is 4.39 Å². The van der Waals surface area contributed by atoms with Gasteiger partial charge in [0.2, 0.25) is 0 Å². The minimum absolute atomic E-state index is 0.0536. The molecule has 5 heteroatoms. The van der Waals surface area contributed by atoms with E-state index in [1.165, 1.54) is 12.1 Å². The van der Waals surface area contributed by atoms with E-state index in [1.54, 1.807) is 24.3 Å². The molecule has 0 aliphatic heterocycles. The molecule has 0 saturated carbocycles. The van der Waals surface area contributed by atoms with Crippen molar-refractivity contribution in [2.24, 2.45) is 0 Å². The molecule has 0 fully saturated rings. The number of alkyl halides is 1. The average molecular weight is 306 g/mol. The van der Waals surface area contributed by atoms with Gasteiger partial charge in [0.1, 0.15) is 17.3 Å². The zero-order valence-corrected chi connectivity index (χ0v) is 11.4. The molecule has 2 rings (SSSR count). The first-order valence-electron chi connectivity index (χ1n) is 5.07. The molecule has 0 atom stereocenters. The van der Waals surface area contributed by atoms with Gasteiger partial charge in [-0.05, 0) is 29.8 Å². The largest absolute Gasteiger partial charge is 0.457 e. The van der Waals surface area contributed by atoms with Crippen LogP contribution in [0.4, 0.5) is 4.39 Å². The molecule has 0 aromatic heterocycles. The Kier molecular flexibility index (Phi) is 4.33. The standard InChI is InChI=1S/C13H8Cl3FO/c14-7-8-1-2-9(5-12(8)16)18-10-3-4-11(15)13(17)6-10/h1-6H,7H2. The van der Waals surface area contributed by atoms with Crippen molar-refractivity contribution in [2.45, 2.75) is 5.88 Å². The van der Waals surface area contributed by atoms with Crippen molar-refractivity contribution in [2.75, 3.05) is 0 Å². The van der Waals surface area contributed by atoms with Gasteiger partial charge in [-0.15, -0.1) is 11.6 Å². The smallest absolute Gasteiger partial charge is 0.145 e. The maximum Gasteiger partial charge on any atom is 0.145 e. The van der Waals surface area contributed by atoms with E-state index >= 15 is 0 Å². The van der Waals surface area contributed by atoms with Gasteiger partial charge < -0.3 is 4.74 Å². The van der Waals surface area contributed by atoms with Crippen molar-refractivity contribution in [1.29, 1.82) is 0 Å². The Hall–Kier alpha value is -0.960. The molecule has 2 aromatic rings. The zero-order chi connectivity index (χ0) is 13.1. The Morgan fingerprint density at radius 2 is 1.61 bits per heavy atom. The van der Waals surface area contributed by atoms with Gasteiger partial charge in [-0.1, -0.05) is 29.3 Å². The Morgan fingerprint density at radius 3 is 2.22 bits per heavy atom. The van der Waals surface area contributed by atoms with Crippen LogP contribution >= 0.6 is 34.8 Å². The summed E-state index contributed by atoms with van der Waals surface area (Å²) in [4.78, 5) is 0. The number of ether oxygens (including phenoxy) is 1. The number of halogens is 4. The highest BCUT2D eigenvalue weighted by Gasteiger charge is 2.05. The van der Waals surface area contributed by atoms with E-state index in [0.29, 0.717) is 22.4 Å². The molecule has 18 heavy (non-hydrogen) atoms. The molecule has 0 saturated heterocycles. The molecule has 2 aromatic carbocycles. The van der Waals surface area contributed by atoms with Crippen molar-refractivity contribution in [3.63, 3.8) is 0 Å². The van der Waals surface area contributed by atoms with E-state index in [0.717, 1.165) is 5.56 Å². The van der Waals surface area contributed by atoms with Crippen molar-refractivity contribution in [3.8, 4) is 11.5 Å². The summed E-state index contributed by atoms with van der Waals surface area (Å²) in [5, 5.41) is 0.565. The fourth-order valence-electron chi connectivity index (χ4n) is 1.38. The maximum absolute atomic E-state index is 13.2. The van der Waals surface area contributed by atoms with E-state index in [1.807, 2.05) is 0 Å². The summed E-state index contributed by atoms with van der Waals surface area (Å²) in [5.74, 6) is 0.661. The number of rotatable bonds is 3. The lowest BCUT2D eigenvalue weighted by molar-refractivity contribution is 0.476. The normalized spacial score (nSPS) is 10.4. The first-order valence-corrected chi connectivity index (χ1v) is 6.36. The lowest BCUT2D eigenvalue weighted by Gasteiger charge is -2.08. The van der Waals surface area contributed by atoms with Crippen LogP contribution < -0.4 is 4.74 Å². The molecule has 0 bridgehead atoms. The SMILES string of the molecule is Fc1cc(Oc2ccc(CCl)c(Cl)c2)ccc1Cl. The summed E-state index contributed by atoms with van der Waals surface area (Å²) in [5.41, 5.74) is 0.813. The molecule has 0 radical (unpaired) electrons. The molecule has 0 aliphatic rings. The van der Waals surface area contributed by atoms with Crippen LogP contribution in [-0.2, 0) is 5.88 Å². The van der Waals surface area contributed by atoms with Gasteiger partial charge in [0, 0.05) is 17.0 Å². The van der Waals surface area contributed by atoms with Gasteiger partial charge in [-0.2, -0.15) is 0 Å². The van der Waals surface area contributed by atoms with Gasteiger partial charge in [0.15, 0.2) is 0 Å². The quantitative estimate of drug-likeness (QED) is 0.664. The van der Waals surface area contributed by atoms with Crippen LogP contribution in [0.1, 0.15) is 5.56 Å². The van der Waals surface area contributed by atoms with Crippen molar-refractivity contribution >= 4 is 34.8 Å². The monoisotopic (exact) mass is 304 g/mol. The van der Waals surface area contributed by atoms with Crippen LogP contribution in [0.5, 0.6) is 11.5 Å². The van der Waals surface area contributed by atoms with Gasteiger partial charge >= 0.3 is 0 Å². The van der Waals surface area contributed by atoms with Crippen LogP contribution in [0.2, 0.25) is 10.0 Å². The second-order valence-electron chi connectivity index (χ2n) is 3.56. The van der Waals surface area contributed by atoms with Crippen LogP contribution in [0, 0.1) is 5.82 Å². The summed E-state index contributed by atoms with van der Waals surface area (Å²) in [6.45, 7) is 0. The Morgan fingerprint density at radius 1 is 0.944 bits per heavy atom. The van der Waals surface area contributed by atoms with Crippen molar-refractivity contribution in [1.82, 2.24) is 0 Å². The third kappa shape index (κ3) is 3.08. The third-order valence-corrected chi connectivity index (χ3v) is 3.24. The zero-order valence-electron chi connectivity index (χ0n) is 9.09. The summed E-state index contributed by atoms with van der Waals surface area (Å²) in [7, 11) is 0. The van der Waals surface area contributed by atoms with Crippen LogP contribution in [0.3, 0.4) is 0 Å². The molecule has 94 valence electrons. The van der Waals surface area contributed by atoms with Crippen LogP contribution in [0.25, 0.3) is 0 Å². The molecular formula is C13H8Cl3FO. The predicted octanol–water partition coefficient (Wildman–Crippen LogP) is 5.66. The number of hydrogen-bond acceptors (Lipinski definition) is 1. The number of benzene rings is 2. The highest BCUT2D eigenvalue weighted by molar-refractivity contribution is 6.32. The fraction of sp³-hybridized carbons (Fsp3) is 0.0769. The minimum atomic E-state index is -0.530. The first-order chi connectivity index (χ1) is 8.60. The van der Waals surface area contributed by atoms with Gasteiger partial charge in [-0.3, -0.25) is 0 Å². The Labute approximate surface area is 119 Å². The average Bonchev–Trinajstić information content (AvgIpc) is 2.34. The predicted molar refractivity (Wildman–Crippen MR) is 72.5 cm³/mol. The van der Waals surface area contributed by atoms with Gasteiger partial charge in [-0.25, -0.2) is 4.39 Å². The van der Waals surface area contributed by atoms with Gasteiger partial charge in [0.05, 0.1) is 5.02 Å². The molecule has 0 heterocycles. The maximum atomic E-state index is 13.2. The first kappa shape index (κ1) is 13.5. The lowest BCUT2D eigenvalue weighted by atomic mass is 10.2. The van der Waals surface area contributed by atoms with E-state index in [2.05, 4.69) is 0 Å². The molecule has 0 unspecified atom stereocenters. The fourth-order valence-corrected chi connectivity index (χ4v) is 2.03. The minimum Gasteiger partial charge on any atom is -0.457 e. The Balaban J connectivity index is 2.23. The summed E-state index contributed by atoms with van der Waals surface area (Å²) in [6, 6.07) is 9.33. The van der Waals surface area contributed by atoms with Crippen LogP contribution in [0.15, 0.2) is 36.4 Å². The van der Waals surface area contributed by atoms with E-state index < -0.39 is 5.82 Å². The van der Waals surface area contributed by atoms with E-state index in [4.69, 9.17) is 39.5 Å². The molecule has 1 nitrogen and oxygen atoms in total. The summed E-state index contributed by atoms with van der Waals surface area (Å²) >= 11 is 17.3. The lowest BCUT2D eigenvalue weighted by Crippen LogP contribution is -1.87. The third-order valence-electron chi connectivity index (χ3n) is 2.30. The Bertz CT molecular complexity index is 572. The molecule has 0 amide bonds. The summed E-state index contributed by atoms with van der Waals surface area (Å²) in [6.07, 6.45) is 0. The highest BCUT2D eigenvalue weighted by Crippen LogP contribution is 2.29. The number of hydrogen-bond donors (Lipinski definition) is 0. The second-order valence-corrected chi connectivity index (χ2v) is 4.65. The topological polar surface area (TPSA) is 9.23 Å². The molecular weight excluding hydrogens is 297 g/mol. The molecule has 0 aliphatic carbocycles. The van der Waals surface area contributed by atoms with E-state index in [-0.39, 0.29) is 5.02 Å². The molecule has 0 spiro atoms. The highest BCUT2D eigenvalue weighted by atomic mass is 35.5.